The molecule has 156 valence electrons. The predicted octanol–water partition coefficient (Wildman–Crippen LogP) is 2.20. The number of carbonyl (C=O) groups excluding carboxylic acids is 3. The van der Waals surface area contributed by atoms with Crippen LogP contribution >= 0.6 is 0 Å². The maximum Gasteiger partial charge on any atom is 0.325 e. The van der Waals surface area contributed by atoms with Gasteiger partial charge < -0.3 is 10.2 Å². The number of rotatable bonds is 5. The Morgan fingerprint density at radius 2 is 1.83 bits per heavy atom. The molecule has 4 amide bonds. The zero-order valence-corrected chi connectivity index (χ0v) is 17.5. The monoisotopic (exact) mass is 405 g/mol. The zero-order valence-electron chi connectivity index (χ0n) is 17.5. The SMILES string of the molecule is CC#CCN1C(=O)NC(CCc2ccccc2)(C2CCN(C(=O)C#CC)CC2)C1=O. The smallest absolute Gasteiger partial charge is 0.325 e. The minimum Gasteiger partial charge on any atom is -0.332 e. The van der Waals surface area contributed by atoms with Crippen LogP contribution in [-0.2, 0) is 16.0 Å². The van der Waals surface area contributed by atoms with Crippen LogP contribution in [0.25, 0.3) is 0 Å². The molecule has 0 spiro atoms. The first kappa shape index (κ1) is 21.5. The molecule has 3 rings (SSSR count). The minimum atomic E-state index is -0.964. The molecule has 6 nitrogen and oxygen atoms in total. The Balaban J connectivity index is 1.82. The molecule has 6 heteroatoms. The molecule has 2 fully saturated rings. The van der Waals surface area contributed by atoms with Crippen LogP contribution in [0.2, 0.25) is 0 Å². The summed E-state index contributed by atoms with van der Waals surface area (Å²) < 4.78 is 0. The van der Waals surface area contributed by atoms with Gasteiger partial charge in [0.2, 0.25) is 0 Å². The van der Waals surface area contributed by atoms with Crippen molar-refractivity contribution in [2.24, 2.45) is 5.92 Å². The van der Waals surface area contributed by atoms with E-state index in [0.29, 0.717) is 38.8 Å². The number of hydrogen-bond acceptors (Lipinski definition) is 3. The van der Waals surface area contributed by atoms with Crippen LogP contribution in [0.15, 0.2) is 30.3 Å². The van der Waals surface area contributed by atoms with Crippen molar-refractivity contribution >= 4 is 17.8 Å². The van der Waals surface area contributed by atoms with Crippen LogP contribution in [0.4, 0.5) is 4.79 Å². The Morgan fingerprint density at radius 1 is 1.13 bits per heavy atom. The fraction of sp³-hybridized carbons (Fsp3) is 0.458. The summed E-state index contributed by atoms with van der Waals surface area (Å²) in [5, 5.41) is 3.02. The third-order valence-electron chi connectivity index (χ3n) is 5.98. The van der Waals surface area contributed by atoms with E-state index in [2.05, 4.69) is 29.0 Å². The molecule has 1 aromatic carbocycles. The third-order valence-corrected chi connectivity index (χ3v) is 5.98. The fourth-order valence-electron chi connectivity index (χ4n) is 4.34. The van der Waals surface area contributed by atoms with Gasteiger partial charge in [0, 0.05) is 13.1 Å². The number of hydrogen-bond donors (Lipinski definition) is 1. The van der Waals surface area contributed by atoms with E-state index >= 15 is 0 Å². The second-order valence-corrected chi connectivity index (χ2v) is 7.65. The molecule has 1 aromatic rings. The molecule has 2 heterocycles. The van der Waals surface area contributed by atoms with Crippen molar-refractivity contribution < 1.29 is 14.4 Å². The lowest BCUT2D eigenvalue weighted by molar-refractivity contribution is -0.134. The summed E-state index contributed by atoms with van der Waals surface area (Å²) in [7, 11) is 0. The van der Waals surface area contributed by atoms with E-state index < -0.39 is 5.54 Å². The highest BCUT2D eigenvalue weighted by molar-refractivity contribution is 6.07. The number of piperidine rings is 1. The lowest BCUT2D eigenvalue weighted by Gasteiger charge is -2.40. The first-order valence-electron chi connectivity index (χ1n) is 10.3. The highest BCUT2D eigenvalue weighted by Gasteiger charge is 2.55. The van der Waals surface area contributed by atoms with Gasteiger partial charge in [-0.2, -0.15) is 0 Å². The van der Waals surface area contributed by atoms with E-state index in [1.54, 1.807) is 18.7 Å². The molecule has 1 N–H and O–H groups in total. The lowest BCUT2D eigenvalue weighted by Crippen LogP contribution is -2.56. The molecule has 1 unspecified atom stereocenters. The number of carbonyl (C=O) groups is 3. The largest absolute Gasteiger partial charge is 0.332 e. The lowest BCUT2D eigenvalue weighted by atomic mass is 9.74. The number of imide groups is 1. The molecule has 0 bridgehead atoms. The molecule has 0 aliphatic carbocycles. The maximum absolute atomic E-state index is 13.5. The predicted molar refractivity (Wildman–Crippen MR) is 114 cm³/mol. The van der Waals surface area contributed by atoms with Crippen molar-refractivity contribution in [3.05, 3.63) is 35.9 Å². The van der Waals surface area contributed by atoms with Crippen molar-refractivity contribution in [1.29, 1.82) is 0 Å². The van der Waals surface area contributed by atoms with Gasteiger partial charge in [-0.05, 0) is 56.9 Å². The zero-order chi connectivity index (χ0) is 21.6. The van der Waals surface area contributed by atoms with Crippen LogP contribution in [0.3, 0.4) is 0 Å². The van der Waals surface area contributed by atoms with Gasteiger partial charge in [0.1, 0.15) is 5.54 Å². The van der Waals surface area contributed by atoms with Gasteiger partial charge in [-0.15, -0.1) is 5.92 Å². The highest BCUT2D eigenvalue weighted by atomic mass is 16.2. The molecular formula is C24H27N3O3. The maximum atomic E-state index is 13.5. The normalized spacial score (nSPS) is 21.4. The van der Waals surface area contributed by atoms with Crippen LogP contribution in [-0.4, -0.2) is 52.8 Å². The molecule has 0 aromatic heterocycles. The van der Waals surface area contributed by atoms with Gasteiger partial charge in [-0.3, -0.25) is 14.5 Å². The first-order chi connectivity index (χ1) is 14.5. The number of amides is 4. The number of nitrogens with zero attached hydrogens (tertiary/aromatic N) is 2. The number of aryl methyl sites for hydroxylation is 1. The second-order valence-electron chi connectivity index (χ2n) is 7.65. The molecule has 1 atom stereocenters. The van der Waals surface area contributed by atoms with Gasteiger partial charge in [0.15, 0.2) is 0 Å². The number of nitrogens with one attached hydrogen (secondary N) is 1. The van der Waals surface area contributed by atoms with Gasteiger partial charge in [0.05, 0.1) is 6.54 Å². The van der Waals surface area contributed by atoms with Crippen LogP contribution in [0.5, 0.6) is 0 Å². The van der Waals surface area contributed by atoms with Crippen LogP contribution in [0, 0.1) is 29.6 Å². The molecule has 2 aliphatic heterocycles. The van der Waals surface area contributed by atoms with Crippen LogP contribution in [0.1, 0.15) is 38.7 Å². The Bertz CT molecular complexity index is 927. The summed E-state index contributed by atoms with van der Waals surface area (Å²) in [5.41, 5.74) is 0.157. The molecule has 0 radical (unpaired) electrons. The Labute approximate surface area is 178 Å². The average molecular weight is 405 g/mol. The van der Waals surface area contributed by atoms with Crippen molar-refractivity contribution in [3.8, 4) is 23.7 Å². The molecular weight excluding hydrogens is 378 g/mol. The van der Waals surface area contributed by atoms with E-state index in [4.69, 9.17) is 0 Å². The van der Waals surface area contributed by atoms with Gasteiger partial charge >= 0.3 is 6.03 Å². The van der Waals surface area contributed by atoms with Crippen molar-refractivity contribution in [1.82, 2.24) is 15.1 Å². The van der Waals surface area contributed by atoms with E-state index in [-0.39, 0.29) is 30.3 Å². The summed E-state index contributed by atoms with van der Waals surface area (Å²) in [4.78, 5) is 41.2. The van der Waals surface area contributed by atoms with E-state index in [1.165, 1.54) is 4.90 Å². The molecule has 2 aliphatic rings. The fourth-order valence-corrected chi connectivity index (χ4v) is 4.34. The third kappa shape index (κ3) is 4.33. The second kappa shape index (κ2) is 9.50. The standard InChI is InChI=1S/C24H27N3O3/c1-3-5-16-27-22(29)24(25-23(27)30,15-12-19-10-7-6-8-11-19)20-13-17-26(18-14-20)21(28)9-4-2/h6-8,10-11,20H,12-18H2,1-2H3,(H,25,30). The minimum absolute atomic E-state index is 0.0455. The summed E-state index contributed by atoms with van der Waals surface area (Å²) in [5.74, 6) is 10.4. The molecule has 2 saturated heterocycles. The Hall–Kier alpha value is -3.25. The quantitative estimate of drug-likeness (QED) is 0.603. The van der Waals surface area contributed by atoms with Crippen molar-refractivity contribution in [2.75, 3.05) is 19.6 Å². The van der Waals surface area contributed by atoms with Crippen molar-refractivity contribution in [3.63, 3.8) is 0 Å². The Morgan fingerprint density at radius 3 is 2.47 bits per heavy atom. The number of likely N-dealkylation sites (tertiary alicyclic amines) is 1. The highest BCUT2D eigenvalue weighted by Crippen LogP contribution is 2.37. The molecule has 30 heavy (non-hydrogen) atoms. The first-order valence-corrected chi connectivity index (χ1v) is 10.3. The summed E-state index contributed by atoms with van der Waals surface area (Å²) in [6.07, 6.45) is 2.49. The summed E-state index contributed by atoms with van der Waals surface area (Å²) in [6.45, 7) is 4.49. The van der Waals surface area contributed by atoms with Crippen molar-refractivity contribution in [2.45, 2.75) is 45.1 Å². The van der Waals surface area contributed by atoms with Gasteiger partial charge in [0.25, 0.3) is 11.8 Å². The summed E-state index contributed by atoms with van der Waals surface area (Å²) >= 11 is 0. The number of benzene rings is 1. The van der Waals surface area contributed by atoms with E-state index in [9.17, 15) is 14.4 Å². The average Bonchev–Trinajstić information content (AvgIpc) is 3.02. The summed E-state index contributed by atoms with van der Waals surface area (Å²) in [6, 6.07) is 9.57. The van der Waals surface area contributed by atoms with E-state index in [0.717, 1.165) is 5.56 Å². The van der Waals surface area contributed by atoms with Crippen LogP contribution < -0.4 is 5.32 Å². The van der Waals surface area contributed by atoms with E-state index in [1.807, 2.05) is 30.3 Å². The topological polar surface area (TPSA) is 69.7 Å². The number of urea groups is 1. The van der Waals surface area contributed by atoms with Gasteiger partial charge in [-0.1, -0.05) is 42.2 Å². The Kier molecular flexibility index (Phi) is 6.79. The van der Waals surface area contributed by atoms with Gasteiger partial charge in [-0.25, -0.2) is 4.79 Å². The molecule has 0 saturated carbocycles.